The Kier molecular flexibility index (Phi) is 5.77. The summed E-state index contributed by atoms with van der Waals surface area (Å²) in [5.74, 6) is 0.397. The molecule has 0 aliphatic rings. The summed E-state index contributed by atoms with van der Waals surface area (Å²) in [5.41, 5.74) is 3.89. The predicted molar refractivity (Wildman–Crippen MR) is 108 cm³/mol. The second-order valence-electron chi connectivity index (χ2n) is 6.11. The summed E-state index contributed by atoms with van der Waals surface area (Å²) in [6, 6.07) is 15.2. The molecule has 0 bridgehead atoms. The topological polar surface area (TPSA) is 51.8 Å². The number of carbonyl (C=O) groups excluding carboxylic acids is 1. The molecule has 1 heterocycles. The zero-order chi connectivity index (χ0) is 19.4. The molecule has 2 aromatic carbocycles. The van der Waals surface area contributed by atoms with E-state index in [1.54, 1.807) is 32.2 Å². The number of benzene rings is 2. The summed E-state index contributed by atoms with van der Waals surface area (Å²) in [4.78, 5) is 17.0. The second-order valence-corrected chi connectivity index (χ2v) is 6.55. The molecule has 5 heteroatoms. The van der Waals surface area contributed by atoms with Crippen LogP contribution in [-0.2, 0) is 4.74 Å². The largest absolute Gasteiger partial charge is 0.462 e. The molecule has 0 atom stereocenters. The van der Waals surface area contributed by atoms with E-state index < -0.39 is 5.97 Å². The van der Waals surface area contributed by atoms with Gasteiger partial charge in [0.1, 0.15) is 11.3 Å². The number of hydrogen-bond acceptors (Lipinski definition) is 4. The standard InChI is InChI=1S/C22H20ClNO3/c1-4-26-22(25)19-15(3)27-21(20(19)17-9-11-18(23)12-10-17)24-13-16-7-5-14(2)6-8-16/h5-13H,4H2,1-3H3/b24-13+. The second kappa shape index (κ2) is 8.23. The summed E-state index contributed by atoms with van der Waals surface area (Å²) in [6.07, 6.45) is 1.71. The number of hydrogen-bond donors (Lipinski definition) is 0. The molecule has 0 radical (unpaired) electrons. The molecule has 0 aliphatic carbocycles. The average molecular weight is 382 g/mol. The zero-order valence-electron chi connectivity index (χ0n) is 15.5. The Hall–Kier alpha value is -2.85. The van der Waals surface area contributed by atoms with E-state index in [1.807, 2.05) is 43.3 Å². The van der Waals surface area contributed by atoms with E-state index in [9.17, 15) is 4.79 Å². The van der Waals surface area contributed by atoms with Crippen LogP contribution < -0.4 is 0 Å². The fraction of sp³-hybridized carbons (Fsp3) is 0.182. The molecule has 0 unspecified atom stereocenters. The molecule has 3 aromatic rings. The van der Waals surface area contributed by atoms with E-state index in [0.29, 0.717) is 27.8 Å². The molecular formula is C22H20ClNO3. The summed E-state index contributed by atoms with van der Waals surface area (Å²) in [5, 5.41) is 0.612. The highest BCUT2D eigenvalue weighted by atomic mass is 35.5. The lowest BCUT2D eigenvalue weighted by atomic mass is 10.0. The molecule has 0 amide bonds. The van der Waals surface area contributed by atoms with Crippen LogP contribution in [0.1, 0.15) is 34.2 Å². The van der Waals surface area contributed by atoms with Crippen molar-refractivity contribution in [3.8, 4) is 11.1 Å². The zero-order valence-corrected chi connectivity index (χ0v) is 16.2. The quantitative estimate of drug-likeness (QED) is 0.393. The Bertz CT molecular complexity index is 970. The lowest BCUT2D eigenvalue weighted by Gasteiger charge is -2.05. The van der Waals surface area contributed by atoms with E-state index in [0.717, 1.165) is 11.1 Å². The first-order valence-corrected chi connectivity index (χ1v) is 9.04. The predicted octanol–water partition coefficient (Wildman–Crippen LogP) is 6.14. The monoisotopic (exact) mass is 381 g/mol. The molecular weight excluding hydrogens is 362 g/mol. The summed E-state index contributed by atoms with van der Waals surface area (Å²) >= 11 is 6.01. The third-order valence-electron chi connectivity index (χ3n) is 4.09. The van der Waals surface area contributed by atoms with Crippen LogP contribution in [0.25, 0.3) is 11.1 Å². The summed E-state index contributed by atoms with van der Waals surface area (Å²) < 4.78 is 11.0. The first kappa shape index (κ1) is 18.9. The van der Waals surface area contributed by atoms with Gasteiger partial charge in [0, 0.05) is 11.2 Å². The van der Waals surface area contributed by atoms with Crippen LogP contribution >= 0.6 is 11.6 Å². The van der Waals surface area contributed by atoms with E-state index in [2.05, 4.69) is 4.99 Å². The van der Waals surface area contributed by atoms with Gasteiger partial charge in [-0.2, -0.15) is 0 Å². The Balaban J connectivity index is 2.10. The molecule has 0 fully saturated rings. The van der Waals surface area contributed by atoms with Gasteiger partial charge in [0.2, 0.25) is 5.88 Å². The smallest absolute Gasteiger partial charge is 0.342 e. The van der Waals surface area contributed by atoms with Crippen LogP contribution in [0.4, 0.5) is 5.88 Å². The minimum atomic E-state index is -0.430. The van der Waals surface area contributed by atoms with Gasteiger partial charge in [0.05, 0.1) is 12.2 Å². The minimum absolute atomic E-state index is 0.283. The van der Waals surface area contributed by atoms with Gasteiger partial charge in [0.15, 0.2) is 0 Å². The van der Waals surface area contributed by atoms with Crippen molar-refractivity contribution in [1.29, 1.82) is 0 Å². The van der Waals surface area contributed by atoms with Gasteiger partial charge < -0.3 is 9.15 Å². The SMILES string of the molecule is CCOC(=O)c1c(C)oc(/N=C/c2ccc(C)cc2)c1-c1ccc(Cl)cc1. The number of aryl methyl sites for hydroxylation is 2. The van der Waals surface area contributed by atoms with Crippen LogP contribution in [0.5, 0.6) is 0 Å². The maximum absolute atomic E-state index is 12.5. The average Bonchev–Trinajstić information content (AvgIpc) is 2.98. The van der Waals surface area contributed by atoms with Crippen LogP contribution in [0.15, 0.2) is 57.9 Å². The van der Waals surface area contributed by atoms with Crippen LogP contribution in [-0.4, -0.2) is 18.8 Å². The van der Waals surface area contributed by atoms with Gasteiger partial charge in [0.25, 0.3) is 0 Å². The third-order valence-corrected chi connectivity index (χ3v) is 4.34. The highest BCUT2D eigenvalue weighted by Crippen LogP contribution is 2.39. The number of aliphatic imine (C=N–C) groups is 1. The van der Waals surface area contributed by atoms with E-state index in [4.69, 9.17) is 20.8 Å². The molecule has 1 aromatic heterocycles. The first-order valence-electron chi connectivity index (χ1n) is 8.66. The maximum atomic E-state index is 12.5. The van der Waals surface area contributed by atoms with Crippen molar-refractivity contribution in [2.45, 2.75) is 20.8 Å². The molecule has 0 saturated carbocycles. The van der Waals surface area contributed by atoms with Crippen LogP contribution in [0.2, 0.25) is 5.02 Å². The van der Waals surface area contributed by atoms with Gasteiger partial charge >= 0.3 is 5.97 Å². The van der Waals surface area contributed by atoms with Crippen LogP contribution in [0.3, 0.4) is 0 Å². The van der Waals surface area contributed by atoms with E-state index in [-0.39, 0.29) is 6.61 Å². The Morgan fingerprint density at radius 3 is 2.41 bits per heavy atom. The maximum Gasteiger partial charge on any atom is 0.342 e. The van der Waals surface area contributed by atoms with E-state index in [1.165, 1.54) is 5.56 Å². The Morgan fingerprint density at radius 2 is 1.78 bits per heavy atom. The molecule has 0 spiro atoms. The Morgan fingerprint density at radius 1 is 1.11 bits per heavy atom. The van der Waals surface area contributed by atoms with E-state index >= 15 is 0 Å². The van der Waals surface area contributed by atoms with Crippen molar-refractivity contribution < 1.29 is 13.9 Å². The third kappa shape index (κ3) is 4.29. The Labute approximate surface area is 163 Å². The molecule has 138 valence electrons. The van der Waals surface area contributed by atoms with Gasteiger partial charge in [-0.3, -0.25) is 0 Å². The lowest BCUT2D eigenvalue weighted by molar-refractivity contribution is 0.0525. The van der Waals surface area contributed by atoms with Crippen molar-refractivity contribution in [2.75, 3.05) is 6.61 Å². The number of rotatable bonds is 5. The number of nitrogens with zero attached hydrogens (tertiary/aromatic N) is 1. The van der Waals surface area contributed by atoms with Crippen molar-refractivity contribution in [3.05, 3.63) is 76.0 Å². The fourth-order valence-electron chi connectivity index (χ4n) is 2.74. The number of esters is 1. The van der Waals surface area contributed by atoms with Crippen LogP contribution in [0, 0.1) is 13.8 Å². The van der Waals surface area contributed by atoms with Gasteiger partial charge in [-0.25, -0.2) is 9.79 Å². The fourth-order valence-corrected chi connectivity index (χ4v) is 2.87. The van der Waals surface area contributed by atoms with Crippen molar-refractivity contribution in [1.82, 2.24) is 0 Å². The molecule has 0 N–H and O–H groups in total. The van der Waals surface area contributed by atoms with Gasteiger partial charge in [-0.1, -0.05) is 53.6 Å². The summed E-state index contributed by atoms with van der Waals surface area (Å²) in [6.45, 7) is 5.81. The van der Waals surface area contributed by atoms with Crippen molar-refractivity contribution in [3.63, 3.8) is 0 Å². The minimum Gasteiger partial charge on any atom is -0.462 e. The normalized spacial score (nSPS) is 11.1. The molecule has 0 saturated heterocycles. The van der Waals surface area contributed by atoms with Crippen molar-refractivity contribution >= 4 is 29.7 Å². The highest BCUT2D eigenvalue weighted by molar-refractivity contribution is 6.30. The number of furan rings is 1. The molecule has 0 aliphatic heterocycles. The highest BCUT2D eigenvalue weighted by Gasteiger charge is 2.25. The number of ether oxygens (including phenoxy) is 1. The summed E-state index contributed by atoms with van der Waals surface area (Å²) in [7, 11) is 0. The lowest BCUT2D eigenvalue weighted by Crippen LogP contribution is -2.06. The molecule has 4 nitrogen and oxygen atoms in total. The first-order chi connectivity index (χ1) is 13.0. The molecule has 3 rings (SSSR count). The number of carbonyl (C=O) groups is 1. The van der Waals surface area contributed by atoms with Crippen molar-refractivity contribution in [2.24, 2.45) is 4.99 Å². The van der Waals surface area contributed by atoms with Gasteiger partial charge in [-0.05, 0) is 44.0 Å². The van der Waals surface area contributed by atoms with Gasteiger partial charge in [-0.15, -0.1) is 0 Å². The number of halogens is 1. The molecule has 27 heavy (non-hydrogen) atoms.